The normalized spacial score (nSPS) is 42.8. The highest BCUT2D eigenvalue weighted by Gasteiger charge is 2.54. The molecule has 0 saturated heterocycles. The largest absolute Gasteiger partial charge is 0.396 e. The molecule has 6 rings (SSSR count). The van der Waals surface area contributed by atoms with Crippen LogP contribution < -0.4 is 0 Å². The van der Waals surface area contributed by atoms with Gasteiger partial charge in [0.2, 0.25) is 0 Å². The Kier molecular flexibility index (Phi) is 11.7. The molecule has 0 aromatic heterocycles. The van der Waals surface area contributed by atoms with Crippen LogP contribution in [-0.4, -0.2) is 40.8 Å². The fourth-order valence-electron chi connectivity index (χ4n) is 12.1. The van der Waals surface area contributed by atoms with E-state index < -0.39 is 0 Å². The van der Waals surface area contributed by atoms with Gasteiger partial charge in [0.05, 0.1) is 0 Å². The summed E-state index contributed by atoms with van der Waals surface area (Å²) in [6.45, 7) is 16.3. The number of rotatable bonds is 5. The second kappa shape index (κ2) is 14.4. The number of carbonyl (C=O) groups is 3. The van der Waals surface area contributed by atoms with Gasteiger partial charge in [0.25, 0.3) is 0 Å². The standard InChI is InChI=1S/2C13H22O2.C13H22O/c2*1-9(8-14)10-5-6-11-12(15)4-3-7-13(10,11)2;1-9(2)10-6-7-11-12(14)5-4-8-13(10,11)3/h2*9-11,14H,3-8H2,1-2H3;9-11H,4-8H2,1-3H3/t9-,10+,11-,13+;9-,10-,11+,13-;10-,11+,13-/m011/s1. The summed E-state index contributed by atoms with van der Waals surface area (Å²) in [4.78, 5) is 35.6. The van der Waals surface area contributed by atoms with Crippen LogP contribution in [0, 0.1) is 69.5 Å². The van der Waals surface area contributed by atoms with E-state index in [1.54, 1.807) is 0 Å². The molecular formula is C39H66O5. The van der Waals surface area contributed by atoms with Gasteiger partial charge in [-0.3, -0.25) is 14.4 Å². The maximum atomic E-state index is 11.9. The highest BCUT2D eigenvalue weighted by Crippen LogP contribution is 2.58. The number of hydrogen-bond donors (Lipinski definition) is 2. The Bertz CT molecular complexity index is 966. The van der Waals surface area contributed by atoms with Crippen LogP contribution in [0.15, 0.2) is 0 Å². The predicted octanol–water partition coefficient (Wildman–Crippen LogP) is 8.23. The molecule has 252 valence electrons. The lowest BCUT2D eigenvalue weighted by molar-refractivity contribution is -0.131. The number of Topliss-reactive ketones (excluding diaryl/α,β-unsaturated/α-hetero) is 3. The highest BCUT2D eigenvalue weighted by molar-refractivity contribution is 5.84. The third kappa shape index (κ3) is 6.67. The van der Waals surface area contributed by atoms with Crippen molar-refractivity contribution < 1.29 is 24.6 Å². The molecule has 0 heterocycles. The molecule has 6 aliphatic carbocycles. The van der Waals surface area contributed by atoms with Crippen molar-refractivity contribution in [3.8, 4) is 0 Å². The highest BCUT2D eigenvalue weighted by atomic mass is 16.3. The fourth-order valence-corrected chi connectivity index (χ4v) is 12.1. The topological polar surface area (TPSA) is 91.7 Å². The van der Waals surface area contributed by atoms with E-state index in [-0.39, 0.29) is 24.0 Å². The van der Waals surface area contributed by atoms with E-state index in [9.17, 15) is 24.6 Å². The van der Waals surface area contributed by atoms with Gasteiger partial charge in [0.15, 0.2) is 0 Å². The van der Waals surface area contributed by atoms with Crippen LogP contribution in [-0.2, 0) is 14.4 Å². The Morgan fingerprint density at radius 3 is 1.14 bits per heavy atom. The van der Waals surface area contributed by atoms with Crippen molar-refractivity contribution in [2.75, 3.05) is 13.2 Å². The van der Waals surface area contributed by atoms with Gasteiger partial charge < -0.3 is 10.2 Å². The van der Waals surface area contributed by atoms with E-state index in [2.05, 4.69) is 48.5 Å². The minimum atomic E-state index is 0.192. The van der Waals surface area contributed by atoms with Gasteiger partial charge in [-0.25, -0.2) is 0 Å². The van der Waals surface area contributed by atoms with Gasteiger partial charge in [0, 0.05) is 50.2 Å². The number of ketones is 3. The van der Waals surface area contributed by atoms with Crippen molar-refractivity contribution in [1.29, 1.82) is 0 Å². The minimum absolute atomic E-state index is 0.192. The number of fused-ring (bicyclic) bond motifs is 3. The van der Waals surface area contributed by atoms with E-state index in [0.717, 1.165) is 82.5 Å². The molecule has 0 spiro atoms. The van der Waals surface area contributed by atoms with Crippen LogP contribution in [0.3, 0.4) is 0 Å². The molecule has 5 heteroatoms. The van der Waals surface area contributed by atoms with Gasteiger partial charge in [-0.05, 0) is 129 Å². The number of aliphatic hydroxyl groups excluding tert-OH is 2. The van der Waals surface area contributed by atoms with E-state index in [1.165, 1.54) is 25.7 Å². The van der Waals surface area contributed by atoms with Gasteiger partial charge in [0.1, 0.15) is 17.3 Å². The van der Waals surface area contributed by atoms with Crippen molar-refractivity contribution in [2.45, 2.75) is 145 Å². The van der Waals surface area contributed by atoms with Gasteiger partial charge >= 0.3 is 0 Å². The summed E-state index contributed by atoms with van der Waals surface area (Å²) in [5.74, 6) is 5.87. The number of carbonyl (C=O) groups excluding carboxylic acids is 3. The van der Waals surface area contributed by atoms with Crippen LogP contribution in [0.4, 0.5) is 0 Å². The molecule has 0 amide bonds. The summed E-state index contributed by atoms with van der Waals surface area (Å²) in [5, 5.41) is 18.6. The van der Waals surface area contributed by atoms with Crippen molar-refractivity contribution in [3.05, 3.63) is 0 Å². The molecule has 5 nitrogen and oxygen atoms in total. The SMILES string of the molecule is CC(C)[C@H]1CC[C@H]2C(=O)CCC[C@]12C.C[C@@H](CO)[C@H]1CC[C@H]2C(=O)CCC[C@]12C.C[C@H](CO)[C@H]1CC[C@H]2C(=O)CCC[C@]12C. The van der Waals surface area contributed by atoms with E-state index >= 15 is 0 Å². The maximum Gasteiger partial charge on any atom is 0.136 e. The van der Waals surface area contributed by atoms with Crippen molar-refractivity contribution >= 4 is 17.3 Å². The molecule has 2 N–H and O–H groups in total. The minimum Gasteiger partial charge on any atom is -0.396 e. The second-order valence-corrected chi connectivity index (χ2v) is 17.3. The zero-order chi connectivity index (χ0) is 32.4. The Hall–Kier alpha value is -1.07. The molecule has 0 bridgehead atoms. The molecule has 0 aromatic carbocycles. The number of aliphatic hydroxyl groups is 2. The molecule has 11 atom stereocenters. The molecule has 0 radical (unpaired) electrons. The first-order chi connectivity index (χ1) is 20.7. The van der Waals surface area contributed by atoms with Crippen molar-refractivity contribution in [3.63, 3.8) is 0 Å². The van der Waals surface area contributed by atoms with E-state index in [1.807, 2.05) is 0 Å². The monoisotopic (exact) mass is 614 g/mol. The molecule has 6 fully saturated rings. The lowest BCUT2D eigenvalue weighted by Crippen LogP contribution is -2.39. The molecule has 0 aromatic rings. The zero-order valence-corrected chi connectivity index (χ0v) is 29.3. The quantitative estimate of drug-likeness (QED) is 0.326. The lowest BCUT2D eigenvalue weighted by Gasteiger charge is -2.41. The molecule has 6 aliphatic rings. The first kappa shape index (κ1) is 35.8. The second-order valence-electron chi connectivity index (χ2n) is 17.3. The van der Waals surface area contributed by atoms with Crippen LogP contribution in [0.2, 0.25) is 0 Å². The summed E-state index contributed by atoms with van der Waals surface area (Å²) < 4.78 is 0. The summed E-state index contributed by atoms with van der Waals surface area (Å²) >= 11 is 0. The molecule has 0 unspecified atom stereocenters. The lowest BCUT2D eigenvalue weighted by atomic mass is 9.62. The first-order valence-corrected chi connectivity index (χ1v) is 18.5. The maximum absolute atomic E-state index is 11.9. The third-order valence-corrected chi connectivity index (χ3v) is 14.6. The van der Waals surface area contributed by atoms with Crippen LogP contribution in [0.25, 0.3) is 0 Å². The Balaban J connectivity index is 0.000000151. The summed E-state index contributed by atoms with van der Waals surface area (Å²) in [5.41, 5.74) is 0.735. The summed E-state index contributed by atoms with van der Waals surface area (Å²) in [7, 11) is 0. The Morgan fingerprint density at radius 2 is 0.841 bits per heavy atom. The Labute approximate surface area is 269 Å². The predicted molar refractivity (Wildman–Crippen MR) is 177 cm³/mol. The molecular weight excluding hydrogens is 548 g/mol. The fraction of sp³-hybridized carbons (Fsp3) is 0.923. The van der Waals surface area contributed by atoms with Crippen LogP contribution in [0.5, 0.6) is 0 Å². The molecule has 6 saturated carbocycles. The molecule has 0 aliphatic heterocycles. The van der Waals surface area contributed by atoms with E-state index in [0.29, 0.717) is 64.2 Å². The zero-order valence-electron chi connectivity index (χ0n) is 29.3. The summed E-state index contributed by atoms with van der Waals surface area (Å²) in [6.07, 6.45) is 16.2. The average molecular weight is 615 g/mol. The van der Waals surface area contributed by atoms with Crippen LogP contribution >= 0.6 is 0 Å². The van der Waals surface area contributed by atoms with Gasteiger partial charge in [-0.1, -0.05) is 48.5 Å². The smallest absolute Gasteiger partial charge is 0.136 e. The average Bonchev–Trinajstić information content (AvgIpc) is 3.64. The van der Waals surface area contributed by atoms with Crippen molar-refractivity contribution in [2.24, 2.45) is 69.5 Å². The third-order valence-electron chi connectivity index (χ3n) is 14.6. The first-order valence-electron chi connectivity index (χ1n) is 18.5. The number of hydrogen-bond acceptors (Lipinski definition) is 5. The molecule has 44 heavy (non-hydrogen) atoms. The Morgan fingerprint density at radius 1 is 0.545 bits per heavy atom. The summed E-state index contributed by atoms with van der Waals surface area (Å²) in [6, 6.07) is 0. The van der Waals surface area contributed by atoms with Crippen molar-refractivity contribution in [1.82, 2.24) is 0 Å². The van der Waals surface area contributed by atoms with E-state index in [4.69, 9.17) is 0 Å². The van der Waals surface area contributed by atoms with Gasteiger partial charge in [-0.2, -0.15) is 0 Å². The van der Waals surface area contributed by atoms with Crippen LogP contribution in [0.1, 0.15) is 145 Å². The van der Waals surface area contributed by atoms with Gasteiger partial charge in [-0.15, -0.1) is 0 Å².